The number of aromatic nitrogens is 1. The first kappa shape index (κ1) is 19.9. The van der Waals surface area contributed by atoms with Crippen molar-refractivity contribution in [1.82, 2.24) is 4.98 Å². The maximum Gasteiger partial charge on any atom is 0.351 e. The fourth-order valence-electron chi connectivity index (χ4n) is 3.08. The second-order valence-electron chi connectivity index (χ2n) is 6.73. The van der Waals surface area contributed by atoms with Crippen molar-refractivity contribution in [2.24, 2.45) is 0 Å². The van der Waals surface area contributed by atoms with Gasteiger partial charge in [-0.1, -0.05) is 30.3 Å². The van der Waals surface area contributed by atoms with Gasteiger partial charge in [0, 0.05) is 12.3 Å². The molecule has 8 heteroatoms. The Bertz CT molecular complexity index is 1050. The molecule has 0 unspecified atom stereocenters. The molecule has 2 aromatic carbocycles. The van der Waals surface area contributed by atoms with E-state index in [0.717, 1.165) is 5.69 Å². The van der Waals surface area contributed by atoms with Gasteiger partial charge in [-0.25, -0.2) is 9.78 Å². The van der Waals surface area contributed by atoms with E-state index in [9.17, 15) is 9.59 Å². The summed E-state index contributed by atoms with van der Waals surface area (Å²) in [6.07, 6.45) is -1.35. The van der Waals surface area contributed by atoms with Crippen LogP contribution in [-0.2, 0) is 20.9 Å². The van der Waals surface area contributed by atoms with E-state index in [1.54, 1.807) is 24.4 Å². The lowest BCUT2D eigenvalue weighted by Crippen LogP contribution is -2.44. The number of anilines is 2. The van der Waals surface area contributed by atoms with Crippen LogP contribution in [0.3, 0.4) is 0 Å². The molecule has 1 aliphatic rings. The van der Waals surface area contributed by atoms with Crippen LogP contribution in [-0.4, -0.2) is 29.1 Å². The van der Waals surface area contributed by atoms with E-state index < -0.39 is 18.2 Å². The second kappa shape index (κ2) is 8.54. The molecule has 0 saturated carbocycles. The molecule has 0 fully saturated rings. The molecule has 2 atom stereocenters. The van der Waals surface area contributed by atoms with Crippen LogP contribution in [0.4, 0.5) is 10.8 Å². The number of nitrogens with zero attached hydrogens (tertiary/aromatic N) is 2. The van der Waals surface area contributed by atoms with Crippen LogP contribution in [0.2, 0.25) is 0 Å². The number of carbonyl (C=O) groups excluding carboxylic acids is 2. The third-order valence-corrected chi connectivity index (χ3v) is 5.37. The topological polar surface area (TPSA) is 78.0 Å². The van der Waals surface area contributed by atoms with E-state index in [1.807, 2.05) is 42.5 Å². The highest BCUT2D eigenvalue weighted by atomic mass is 32.1. The number of benzene rings is 2. The molecular weight excluding hydrogens is 404 g/mol. The van der Waals surface area contributed by atoms with Crippen molar-refractivity contribution in [1.29, 1.82) is 0 Å². The van der Waals surface area contributed by atoms with Crippen molar-refractivity contribution in [3.8, 4) is 11.5 Å². The predicted octanol–water partition coefficient (Wildman–Crippen LogP) is 4.10. The summed E-state index contributed by atoms with van der Waals surface area (Å²) in [5, 5.41) is 2.28. The second-order valence-corrected chi connectivity index (χ2v) is 7.56. The molecule has 0 N–H and O–H groups in total. The van der Waals surface area contributed by atoms with E-state index >= 15 is 0 Å². The average molecular weight is 424 g/mol. The molecule has 0 aliphatic carbocycles. The smallest absolute Gasteiger partial charge is 0.351 e. The number of para-hydroxylation sites is 3. The summed E-state index contributed by atoms with van der Waals surface area (Å²) in [7, 11) is 0. The normalized spacial score (nSPS) is 17.3. The molecule has 0 spiro atoms. The zero-order valence-corrected chi connectivity index (χ0v) is 17.3. The maximum atomic E-state index is 12.5. The van der Waals surface area contributed by atoms with Crippen LogP contribution >= 0.6 is 11.3 Å². The number of amides is 1. The molecule has 0 bridgehead atoms. The number of hydrogen-bond acceptors (Lipinski definition) is 7. The van der Waals surface area contributed by atoms with Gasteiger partial charge in [-0.3, -0.25) is 9.69 Å². The fraction of sp³-hybridized carbons (Fsp3) is 0.227. The van der Waals surface area contributed by atoms with Gasteiger partial charge in [0.25, 0.3) is 0 Å². The van der Waals surface area contributed by atoms with Crippen molar-refractivity contribution >= 4 is 34.0 Å². The Morgan fingerprint density at radius 1 is 1.07 bits per heavy atom. The number of fused-ring (bicyclic) bond motifs is 1. The van der Waals surface area contributed by atoms with E-state index in [0.29, 0.717) is 22.3 Å². The Balaban J connectivity index is 1.42. The van der Waals surface area contributed by atoms with Crippen LogP contribution in [0, 0.1) is 0 Å². The third-order valence-electron chi connectivity index (χ3n) is 4.50. The van der Waals surface area contributed by atoms with E-state index in [4.69, 9.17) is 14.2 Å². The number of ether oxygens (including phenoxy) is 3. The molecule has 1 amide bonds. The van der Waals surface area contributed by atoms with Crippen molar-refractivity contribution in [3.05, 3.63) is 65.7 Å². The molecule has 154 valence electrons. The standard InChI is InChI=1S/C22H20N2O5S/c1-14-20(29-19-11-7-6-10-18(19)28-14)21(26)27-12-16-13-30-22(23-16)24(15(2)25)17-8-4-3-5-9-17/h3-11,13-14,20H,12H2,1-2H3/t14-,20+/m1/s1. The van der Waals surface area contributed by atoms with Crippen molar-refractivity contribution < 1.29 is 23.8 Å². The zero-order valence-electron chi connectivity index (χ0n) is 16.5. The molecule has 2 heterocycles. The Morgan fingerprint density at radius 2 is 1.73 bits per heavy atom. The minimum atomic E-state index is -0.865. The molecular formula is C22H20N2O5S. The van der Waals surface area contributed by atoms with Gasteiger partial charge in [0.1, 0.15) is 12.7 Å². The number of thiazole rings is 1. The SMILES string of the molecule is CC(=O)N(c1ccccc1)c1nc(COC(=O)[C@H]2Oc3ccccc3O[C@@H]2C)cs1. The van der Waals surface area contributed by atoms with Crippen LogP contribution < -0.4 is 14.4 Å². The number of esters is 1. The van der Waals surface area contributed by atoms with Gasteiger partial charge < -0.3 is 14.2 Å². The fourth-order valence-corrected chi connectivity index (χ4v) is 3.95. The number of carbonyl (C=O) groups is 2. The van der Waals surface area contributed by atoms with Gasteiger partial charge >= 0.3 is 5.97 Å². The van der Waals surface area contributed by atoms with Crippen molar-refractivity contribution in [2.45, 2.75) is 32.7 Å². The number of rotatable bonds is 5. The van der Waals surface area contributed by atoms with Gasteiger partial charge in [0.05, 0.1) is 11.4 Å². The van der Waals surface area contributed by atoms with Crippen molar-refractivity contribution in [2.75, 3.05) is 4.90 Å². The highest BCUT2D eigenvalue weighted by molar-refractivity contribution is 7.14. The molecule has 4 rings (SSSR count). The summed E-state index contributed by atoms with van der Waals surface area (Å²) < 4.78 is 16.9. The van der Waals surface area contributed by atoms with Crippen LogP contribution in [0.25, 0.3) is 0 Å². The van der Waals surface area contributed by atoms with Gasteiger partial charge in [0.15, 0.2) is 16.6 Å². The highest BCUT2D eigenvalue weighted by Gasteiger charge is 2.35. The van der Waals surface area contributed by atoms with Crippen LogP contribution in [0.1, 0.15) is 19.5 Å². The van der Waals surface area contributed by atoms with Gasteiger partial charge in [0.2, 0.25) is 12.0 Å². The summed E-state index contributed by atoms with van der Waals surface area (Å²) in [4.78, 5) is 30.7. The molecule has 1 aliphatic heterocycles. The van der Waals surface area contributed by atoms with E-state index in [1.165, 1.54) is 23.2 Å². The summed E-state index contributed by atoms with van der Waals surface area (Å²) in [6, 6.07) is 16.4. The Morgan fingerprint density at radius 3 is 2.43 bits per heavy atom. The number of hydrogen-bond donors (Lipinski definition) is 0. The first-order valence-corrected chi connectivity index (χ1v) is 10.3. The quantitative estimate of drug-likeness (QED) is 0.574. The largest absolute Gasteiger partial charge is 0.482 e. The Labute approximate surface area is 177 Å². The average Bonchev–Trinajstić information content (AvgIpc) is 3.20. The molecule has 1 aromatic heterocycles. The summed E-state index contributed by atoms with van der Waals surface area (Å²) in [5.41, 5.74) is 1.28. The Hall–Kier alpha value is -3.39. The minimum absolute atomic E-state index is 0.0237. The first-order valence-electron chi connectivity index (χ1n) is 9.42. The van der Waals surface area contributed by atoms with E-state index in [2.05, 4.69) is 4.98 Å². The highest BCUT2D eigenvalue weighted by Crippen LogP contribution is 2.34. The lowest BCUT2D eigenvalue weighted by Gasteiger charge is -2.30. The lowest BCUT2D eigenvalue weighted by molar-refractivity contribution is -0.159. The van der Waals surface area contributed by atoms with Crippen LogP contribution in [0.5, 0.6) is 11.5 Å². The third kappa shape index (κ3) is 4.13. The summed E-state index contributed by atoms with van der Waals surface area (Å²) in [5.74, 6) is 0.425. The molecule has 30 heavy (non-hydrogen) atoms. The molecule has 7 nitrogen and oxygen atoms in total. The van der Waals surface area contributed by atoms with Gasteiger partial charge in [-0.15, -0.1) is 11.3 Å². The summed E-state index contributed by atoms with van der Waals surface area (Å²) in [6.45, 7) is 3.21. The minimum Gasteiger partial charge on any atom is -0.482 e. The zero-order chi connectivity index (χ0) is 21.1. The van der Waals surface area contributed by atoms with Gasteiger partial charge in [-0.2, -0.15) is 0 Å². The van der Waals surface area contributed by atoms with Crippen molar-refractivity contribution in [3.63, 3.8) is 0 Å². The maximum absolute atomic E-state index is 12.5. The first-order chi connectivity index (χ1) is 14.5. The Kier molecular flexibility index (Phi) is 5.67. The molecule has 0 radical (unpaired) electrons. The molecule has 0 saturated heterocycles. The summed E-state index contributed by atoms with van der Waals surface area (Å²) >= 11 is 1.31. The molecule has 3 aromatic rings. The van der Waals surface area contributed by atoms with E-state index in [-0.39, 0.29) is 12.5 Å². The lowest BCUT2D eigenvalue weighted by atomic mass is 10.2. The predicted molar refractivity (Wildman–Crippen MR) is 112 cm³/mol. The van der Waals surface area contributed by atoms with Gasteiger partial charge in [-0.05, 0) is 31.2 Å². The van der Waals surface area contributed by atoms with Crippen LogP contribution in [0.15, 0.2) is 60.0 Å². The monoisotopic (exact) mass is 424 g/mol.